The Bertz CT molecular complexity index is 949. The van der Waals surface area contributed by atoms with Crippen LogP contribution in [0.1, 0.15) is 99.3 Å². The van der Waals surface area contributed by atoms with Gasteiger partial charge in [0.2, 0.25) is 0 Å². The first-order chi connectivity index (χ1) is 15.1. The van der Waals surface area contributed by atoms with E-state index in [0.717, 1.165) is 36.0 Å². The molecular weight excluding hydrogens is 386 g/mol. The minimum absolute atomic E-state index is 0.504. The number of benzene rings is 2. The molecule has 1 fully saturated rings. The average molecular weight is 421 g/mol. The molecule has 0 saturated heterocycles. The summed E-state index contributed by atoms with van der Waals surface area (Å²) in [6, 6.07) is 10.4. The summed E-state index contributed by atoms with van der Waals surface area (Å²) in [4.78, 5) is 0. The number of halogens is 2. The Hall–Kier alpha value is -2.14. The molecule has 2 aliphatic rings. The summed E-state index contributed by atoms with van der Waals surface area (Å²) in [6.45, 7) is 2.28. The van der Waals surface area contributed by atoms with Gasteiger partial charge in [0, 0.05) is 11.1 Å². The fourth-order valence-corrected chi connectivity index (χ4v) is 5.71. The van der Waals surface area contributed by atoms with Crippen LogP contribution in [0.3, 0.4) is 0 Å². The van der Waals surface area contributed by atoms with Crippen LogP contribution in [-0.4, -0.2) is 0 Å². The van der Waals surface area contributed by atoms with E-state index < -0.39 is 11.6 Å². The first kappa shape index (κ1) is 22.1. The molecule has 0 nitrogen and oxygen atoms in total. The van der Waals surface area contributed by atoms with Gasteiger partial charge in [0.25, 0.3) is 0 Å². The van der Waals surface area contributed by atoms with Crippen molar-refractivity contribution in [2.45, 2.75) is 83.5 Å². The van der Waals surface area contributed by atoms with Crippen LogP contribution in [0.25, 0.3) is 0 Å². The molecule has 2 aliphatic carbocycles. The predicted octanol–water partition coefficient (Wildman–Crippen LogP) is 8.17. The summed E-state index contributed by atoms with van der Waals surface area (Å²) in [5.74, 6) is 6.93. The van der Waals surface area contributed by atoms with Crippen LogP contribution in [0.15, 0.2) is 36.4 Å². The van der Waals surface area contributed by atoms with E-state index in [0.29, 0.717) is 11.5 Å². The molecule has 0 N–H and O–H groups in total. The van der Waals surface area contributed by atoms with Gasteiger partial charge in [-0.1, -0.05) is 63.4 Å². The van der Waals surface area contributed by atoms with Crippen molar-refractivity contribution in [3.05, 3.63) is 70.3 Å². The van der Waals surface area contributed by atoms with Crippen molar-refractivity contribution < 1.29 is 8.78 Å². The number of hydrogen-bond donors (Lipinski definition) is 0. The fourth-order valence-electron chi connectivity index (χ4n) is 5.71. The zero-order valence-electron chi connectivity index (χ0n) is 18.7. The fraction of sp³-hybridized carbons (Fsp3) is 0.517. The lowest BCUT2D eigenvalue weighted by atomic mass is 9.64. The first-order valence-corrected chi connectivity index (χ1v) is 12.2. The second kappa shape index (κ2) is 10.4. The minimum Gasteiger partial charge on any atom is -0.204 e. The molecular formula is C29H34F2. The molecule has 2 aromatic rings. The lowest BCUT2D eigenvalue weighted by molar-refractivity contribution is 0.199. The van der Waals surface area contributed by atoms with Crippen molar-refractivity contribution in [2.24, 2.45) is 11.8 Å². The molecule has 2 aromatic carbocycles. The van der Waals surface area contributed by atoms with Crippen molar-refractivity contribution in [1.29, 1.82) is 0 Å². The van der Waals surface area contributed by atoms with Crippen LogP contribution in [0, 0.1) is 35.3 Å². The van der Waals surface area contributed by atoms with Gasteiger partial charge in [-0.05, 0) is 91.3 Å². The molecule has 0 spiro atoms. The molecule has 0 aromatic heterocycles. The molecule has 3 atom stereocenters. The zero-order chi connectivity index (χ0) is 21.6. The lowest BCUT2D eigenvalue weighted by Gasteiger charge is -2.40. The summed E-state index contributed by atoms with van der Waals surface area (Å²) in [5.41, 5.74) is 4.44. The molecule has 0 amide bonds. The summed E-state index contributed by atoms with van der Waals surface area (Å²) in [5, 5.41) is 0. The number of hydrogen-bond acceptors (Lipinski definition) is 0. The molecule has 0 unspecified atom stereocenters. The molecule has 31 heavy (non-hydrogen) atoms. The predicted molar refractivity (Wildman–Crippen MR) is 124 cm³/mol. The molecule has 2 heteroatoms. The molecule has 164 valence electrons. The minimum atomic E-state index is -0.847. The SMILES string of the molecule is CCCCCCC[C@@H]1CC[C@@H]2c3ccc(C#Cc4ccc(F)c(F)c4)cc3CC[C@@H]2C1. The van der Waals surface area contributed by atoms with Gasteiger partial charge < -0.3 is 0 Å². The van der Waals surface area contributed by atoms with Crippen LogP contribution in [0.4, 0.5) is 8.78 Å². The van der Waals surface area contributed by atoms with Gasteiger partial charge in [0.05, 0.1) is 0 Å². The van der Waals surface area contributed by atoms with Gasteiger partial charge in [-0.3, -0.25) is 0 Å². The highest BCUT2D eigenvalue weighted by Crippen LogP contribution is 2.48. The van der Waals surface area contributed by atoms with Gasteiger partial charge in [-0.2, -0.15) is 0 Å². The Morgan fingerprint density at radius 3 is 2.42 bits per heavy atom. The maximum Gasteiger partial charge on any atom is 0.160 e. The van der Waals surface area contributed by atoms with Crippen molar-refractivity contribution in [1.82, 2.24) is 0 Å². The molecule has 4 rings (SSSR count). The normalized spacial score (nSPS) is 22.2. The third kappa shape index (κ3) is 5.57. The average Bonchev–Trinajstić information content (AvgIpc) is 2.79. The number of aryl methyl sites for hydroxylation is 1. The quantitative estimate of drug-likeness (QED) is 0.326. The summed E-state index contributed by atoms with van der Waals surface area (Å²) in [7, 11) is 0. The van der Waals surface area contributed by atoms with Crippen molar-refractivity contribution in [3.8, 4) is 11.8 Å². The molecule has 0 aliphatic heterocycles. The standard InChI is InChI=1S/C29H34F2/c1-2-3-4-5-6-7-21-10-15-26-24(18-21)13-14-25-19-22(11-16-27(25)26)8-9-23-12-17-28(30)29(31)20-23/h11-12,16-17,19-21,24,26H,2-7,10,13-15,18H2,1H3/t21-,24-,26+/m1/s1. The maximum atomic E-state index is 13.4. The Morgan fingerprint density at radius 1 is 0.839 bits per heavy atom. The lowest BCUT2D eigenvalue weighted by Crippen LogP contribution is -2.28. The topological polar surface area (TPSA) is 0 Å². The van der Waals surface area contributed by atoms with Crippen LogP contribution in [0.2, 0.25) is 0 Å². The highest BCUT2D eigenvalue weighted by molar-refractivity contribution is 5.47. The molecule has 1 saturated carbocycles. The van der Waals surface area contributed by atoms with E-state index >= 15 is 0 Å². The Labute approximate surface area is 186 Å². The van der Waals surface area contributed by atoms with Crippen molar-refractivity contribution >= 4 is 0 Å². The monoisotopic (exact) mass is 420 g/mol. The number of fused-ring (bicyclic) bond motifs is 3. The van der Waals surface area contributed by atoms with E-state index in [9.17, 15) is 8.78 Å². The maximum absolute atomic E-state index is 13.4. The number of rotatable bonds is 6. The third-order valence-corrected chi connectivity index (χ3v) is 7.40. The Kier molecular flexibility index (Phi) is 7.44. The molecule has 0 radical (unpaired) electrons. The second-order valence-corrected chi connectivity index (χ2v) is 9.58. The second-order valence-electron chi connectivity index (χ2n) is 9.58. The van der Waals surface area contributed by atoms with E-state index in [4.69, 9.17) is 0 Å². The van der Waals surface area contributed by atoms with Gasteiger partial charge >= 0.3 is 0 Å². The smallest absolute Gasteiger partial charge is 0.160 e. The van der Waals surface area contributed by atoms with Gasteiger partial charge in [-0.15, -0.1) is 0 Å². The van der Waals surface area contributed by atoms with Gasteiger partial charge in [0.15, 0.2) is 11.6 Å². The Balaban J connectivity index is 1.37. The van der Waals surface area contributed by atoms with Crippen molar-refractivity contribution in [3.63, 3.8) is 0 Å². The van der Waals surface area contributed by atoms with E-state index in [1.165, 1.54) is 81.4 Å². The highest BCUT2D eigenvalue weighted by atomic mass is 19.2. The van der Waals surface area contributed by atoms with Crippen LogP contribution < -0.4 is 0 Å². The van der Waals surface area contributed by atoms with E-state index in [2.05, 4.69) is 37.0 Å². The highest BCUT2D eigenvalue weighted by Gasteiger charge is 2.34. The Morgan fingerprint density at radius 2 is 1.61 bits per heavy atom. The van der Waals surface area contributed by atoms with Crippen LogP contribution >= 0.6 is 0 Å². The summed E-state index contributed by atoms with van der Waals surface area (Å²) < 4.78 is 26.5. The number of unbranched alkanes of at least 4 members (excludes halogenated alkanes) is 4. The van der Waals surface area contributed by atoms with Crippen LogP contribution in [-0.2, 0) is 6.42 Å². The third-order valence-electron chi connectivity index (χ3n) is 7.40. The van der Waals surface area contributed by atoms with E-state index in [1.807, 2.05) is 0 Å². The van der Waals surface area contributed by atoms with Crippen molar-refractivity contribution in [2.75, 3.05) is 0 Å². The van der Waals surface area contributed by atoms with Gasteiger partial charge in [0.1, 0.15) is 0 Å². The molecule has 0 bridgehead atoms. The van der Waals surface area contributed by atoms with Crippen LogP contribution in [0.5, 0.6) is 0 Å². The largest absolute Gasteiger partial charge is 0.204 e. The van der Waals surface area contributed by atoms with E-state index in [1.54, 1.807) is 0 Å². The zero-order valence-corrected chi connectivity index (χ0v) is 18.7. The first-order valence-electron chi connectivity index (χ1n) is 12.2. The molecule has 0 heterocycles. The summed E-state index contributed by atoms with van der Waals surface area (Å²) in [6.07, 6.45) is 14.9. The van der Waals surface area contributed by atoms with Gasteiger partial charge in [-0.25, -0.2) is 8.78 Å². The van der Waals surface area contributed by atoms with E-state index in [-0.39, 0.29) is 0 Å². The summed E-state index contributed by atoms with van der Waals surface area (Å²) >= 11 is 0.